The minimum absolute atomic E-state index is 0.122. The second-order valence-corrected chi connectivity index (χ2v) is 10.0. The van der Waals surface area contributed by atoms with Crippen molar-refractivity contribution in [2.75, 3.05) is 0 Å². The molecule has 0 spiro atoms. The van der Waals surface area contributed by atoms with Crippen LogP contribution in [0.5, 0.6) is 5.75 Å². The number of aliphatic imine (C=N–C) groups is 2. The molecule has 0 saturated carbocycles. The Kier molecular flexibility index (Phi) is 5.64. The molecule has 0 N–H and O–H groups in total. The molecule has 2 aliphatic rings. The first kappa shape index (κ1) is 22.8. The van der Waals surface area contributed by atoms with Crippen LogP contribution in [-0.4, -0.2) is 11.4 Å². The van der Waals surface area contributed by atoms with E-state index in [0.717, 1.165) is 39.7 Å². The molecular weight excluding hydrogens is 428 g/mol. The summed E-state index contributed by atoms with van der Waals surface area (Å²) in [6, 6.07) is 22.8. The Bertz CT molecular complexity index is 1430. The number of rotatable bonds is 6. The molecule has 0 unspecified atom stereocenters. The lowest BCUT2D eigenvalue weighted by Gasteiger charge is -2.20. The first-order valence-corrected chi connectivity index (χ1v) is 12.0. The molecule has 0 atom stereocenters. The van der Waals surface area contributed by atoms with Gasteiger partial charge in [-0.05, 0) is 59.2 Å². The predicted octanol–water partition coefficient (Wildman–Crippen LogP) is 8.36. The third-order valence-electron chi connectivity index (χ3n) is 7.02. The van der Waals surface area contributed by atoms with Crippen LogP contribution in [0.2, 0.25) is 0 Å². The van der Waals surface area contributed by atoms with Gasteiger partial charge in [-0.1, -0.05) is 82.8 Å². The van der Waals surface area contributed by atoms with E-state index in [1.165, 1.54) is 17.4 Å². The largest absolute Gasteiger partial charge is 0.465 e. The summed E-state index contributed by atoms with van der Waals surface area (Å²) in [5, 5.41) is 0. The number of allylic oxidation sites excluding steroid dienone is 2. The Labute approximate surface area is 207 Å². The molecule has 2 aliphatic heterocycles. The Morgan fingerprint density at radius 2 is 1.23 bits per heavy atom. The molecule has 3 nitrogen and oxygen atoms in total. The quantitative estimate of drug-likeness (QED) is 0.342. The van der Waals surface area contributed by atoms with Crippen molar-refractivity contribution in [1.29, 1.82) is 0 Å². The average Bonchev–Trinajstić information content (AvgIpc) is 3.26. The molecule has 5 rings (SSSR count). The van der Waals surface area contributed by atoms with E-state index >= 15 is 0 Å². The first-order chi connectivity index (χ1) is 16.8. The van der Waals surface area contributed by atoms with Crippen molar-refractivity contribution >= 4 is 35.0 Å². The van der Waals surface area contributed by atoms with Crippen LogP contribution in [0.25, 0.3) is 12.2 Å². The Hall–Kier alpha value is -3.98. The SMILES string of the molecule is C=COc1ccc(/C=C/C2=Nc3ccccc3C2(C)C)cc1/C=C/C1=Nc2ccccc2C1(C)C. The fourth-order valence-corrected chi connectivity index (χ4v) is 4.85. The van der Waals surface area contributed by atoms with Gasteiger partial charge in [-0.2, -0.15) is 0 Å². The van der Waals surface area contributed by atoms with Gasteiger partial charge in [-0.25, -0.2) is 0 Å². The van der Waals surface area contributed by atoms with Crippen molar-refractivity contribution in [2.24, 2.45) is 9.98 Å². The highest BCUT2D eigenvalue weighted by molar-refractivity contribution is 6.11. The highest BCUT2D eigenvalue weighted by Crippen LogP contribution is 2.41. The summed E-state index contributed by atoms with van der Waals surface area (Å²) in [7, 11) is 0. The Balaban J connectivity index is 1.44. The van der Waals surface area contributed by atoms with Gasteiger partial charge in [-0.15, -0.1) is 0 Å². The second-order valence-electron chi connectivity index (χ2n) is 10.0. The van der Waals surface area contributed by atoms with Gasteiger partial charge < -0.3 is 4.74 Å². The molecule has 35 heavy (non-hydrogen) atoms. The maximum absolute atomic E-state index is 5.70. The van der Waals surface area contributed by atoms with Crippen molar-refractivity contribution in [3.05, 3.63) is 114 Å². The third-order valence-corrected chi connectivity index (χ3v) is 7.02. The second kappa shape index (κ2) is 8.66. The number of ether oxygens (including phenoxy) is 1. The van der Waals surface area contributed by atoms with E-state index in [4.69, 9.17) is 14.7 Å². The molecule has 0 radical (unpaired) electrons. The average molecular weight is 459 g/mol. The van der Waals surface area contributed by atoms with Gasteiger partial charge >= 0.3 is 0 Å². The summed E-state index contributed by atoms with van der Waals surface area (Å²) in [4.78, 5) is 9.76. The number of benzene rings is 3. The summed E-state index contributed by atoms with van der Waals surface area (Å²) in [6.07, 6.45) is 9.88. The molecule has 0 aromatic heterocycles. The zero-order valence-corrected chi connectivity index (χ0v) is 20.7. The lowest BCUT2D eigenvalue weighted by molar-refractivity contribution is 0.482. The molecule has 3 heteroatoms. The molecule has 0 saturated heterocycles. The highest BCUT2D eigenvalue weighted by Gasteiger charge is 2.34. The molecule has 3 aromatic carbocycles. The summed E-state index contributed by atoms with van der Waals surface area (Å²) < 4.78 is 5.70. The monoisotopic (exact) mass is 458 g/mol. The summed E-state index contributed by atoms with van der Waals surface area (Å²) in [5.74, 6) is 0.758. The highest BCUT2D eigenvalue weighted by atomic mass is 16.5. The van der Waals surface area contributed by atoms with Crippen LogP contribution in [0, 0.1) is 0 Å². The van der Waals surface area contributed by atoms with Gasteiger partial charge in [0.2, 0.25) is 0 Å². The fraction of sp³-hybridized carbons (Fsp3) is 0.188. The smallest absolute Gasteiger partial charge is 0.133 e. The normalized spacial score (nSPS) is 17.3. The topological polar surface area (TPSA) is 34.0 Å². The maximum Gasteiger partial charge on any atom is 0.133 e. The van der Waals surface area contributed by atoms with Gasteiger partial charge in [0, 0.05) is 16.4 Å². The molecule has 0 aliphatic carbocycles. The Morgan fingerprint density at radius 1 is 0.686 bits per heavy atom. The van der Waals surface area contributed by atoms with Crippen LogP contribution in [0.15, 0.2) is 102 Å². The third kappa shape index (κ3) is 4.08. The Morgan fingerprint density at radius 3 is 1.77 bits per heavy atom. The number of para-hydroxylation sites is 2. The standard InChI is InChI=1S/C32H30N2O/c1-6-35-28-18-15-22(16-19-29-31(2,3)24-11-7-9-13-26(24)33-29)21-23(28)17-20-30-32(4,5)25-12-8-10-14-27(25)34-30/h6-21H,1H2,2-5H3/b19-16+,20-17+. The molecular formula is C32H30N2O. The van der Waals surface area contributed by atoms with Gasteiger partial charge in [-0.3, -0.25) is 9.98 Å². The lowest BCUT2D eigenvalue weighted by atomic mass is 9.81. The van der Waals surface area contributed by atoms with Crippen molar-refractivity contribution in [3.8, 4) is 5.75 Å². The molecule has 2 heterocycles. The summed E-state index contributed by atoms with van der Waals surface area (Å²) in [5.41, 5.74) is 8.47. The van der Waals surface area contributed by atoms with E-state index < -0.39 is 0 Å². The van der Waals surface area contributed by atoms with Crippen LogP contribution in [0.3, 0.4) is 0 Å². The number of hydrogen-bond donors (Lipinski definition) is 0. The van der Waals surface area contributed by atoms with E-state index in [0.29, 0.717) is 0 Å². The van der Waals surface area contributed by atoms with E-state index in [1.54, 1.807) is 0 Å². The lowest BCUT2D eigenvalue weighted by Crippen LogP contribution is -2.23. The van der Waals surface area contributed by atoms with Crippen LogP contribution < -0.4 is 4.74 Å². The zero-order chi connectivity index (χ0) is 24.6. The van der Waals surface area contributed by atoms with Crippen molar-refractivity contribution < 1.29 is 4.74 Å². The van der Waals surface area contributed by atoms with Crippen molar-refractivity contribution in [2.45, 2.75) is 38.5 Å². The fourth-order valence-electron chi connectivity index (χ4n) is 4.85. The molecule has 174 valence electrons. The number of nitrogens with zero attached hydrogens (tertiary/aromatic N) is 2. The van der Waals surface area contributed by atoms with E-state index in [-0.39, 0.29) is 10.8 Å². The van der Waals surface area contributed by atoms with Crippen molar-refractivity contribution in [3.63, 3.8) is 0 Å². The molecule has 3 aromatic rings. The van der Waals surface area contributed by atoms with Crippen LogP contribution in [0.1, 0.15) is 49.9 Å². The summed E-state index contributed by atoms with van der Waals surface area (Å²) in [6.45, 7) is 12.6. The number of fused-ring (bicyclic) bond motifs is 2. The van der Waals surface area contributed by atoms with E-state index in [1.807, 2.05) is 18.2 Å². The van der Waals surface area contributed by atoms with E-state index in [2.05, 4.69) is 107 Å². The maximum atomic E-state index is 5.70. The van der Waals surface area contributed by atoms with Gasteiger partial charge in [0.1, 0.15) is 5.75 Å². The number of hydrogen-bond acceptors (Lipinski definition) is 3. The molecule has 0 fully saturated rings. The van der Waals surface area contributed by atoms with Gasteiger partial charge in [0.05, 0.1) is 29.1 Å². The summed E-state index contributed by atoms with van der Waals surface area (Å²) >= 11 is 0. The van der Waals surface area contributed by atoms with Crippen LogP contribution in [-0.2, 0) is 10.8 Å². The molecule has 0 amide bonds. The molecule has 0 bridgehead atoms. The predicted molar refractivity (Wildman–Crippen MR) is 148 cm³/mol. The van der Waals surface area contributed by atoms with Crippen molar-refractivity contribution in [1.82, 2.24) is 0 Å². The van der Waals surface area contributed by atoms with Crippen LogP contribution in [0.4, 0.5) is 11.4 Å². The minimum Gasteiger partial charge on any atom is -0.465 e. The zero-order valence-electron chi connectivity index (χ0n) is 20.7. The minimum atomic E-state index is -0.148. The van der Waals surface area contributed by atoms with Gasteiger partial charge in [0.25, 0.3) is 0 Å². The van der Waals surface area contributed by atoms with E-state index in [9.17, 15) is 0 Å². The first-order valence-electron chi connectivity index (χ1n) is 12.0. The van der Waals surface area contributed by atoms with Crippen LogP contribution >= 0.6 is 0 Å². The van der Waals surface area contributed by atoms with Gasteiger partial charge in [0.15, 0.2) is 0 Å².